The molecule has 0 bridgehead atoms. The number of aromatic nitrogens is 2. The predicted octanol–water partition coefficient (Wildman–Crippen LogP) is 1.22. The van der Waals surface area contributed by atoms with E-state index in [1.54, 1.807) is 12.5 Å². The SMILES string of the molecule is CC1(O)CCCN(c2ccncn2)CC1. The molecule has 0 aliphatic carbocycles. The molecule has 1 atom stereocenters. The standard InChI is InChI=1S/C11H17N3O/c1-11(15)4-2-7-14(8-5-11)10-3-6-12-9-13-10/h3,6,9,15H,2,4-5,7-8H2,1H3. The van der Waals surface area contributed by atoms with Crippen molar-refractivity contribution in [3.05, 3.63) is 18.6 Å². The topological polar surface area (TPSA) is 49.2 Å². The largest absolute Gasteiger partial charge is 0.390 e. The number of rotatable bonds is 1. The van der Waals surface area contributed by atoms with Gasteiger partial charge in [-0.15, -0.1) is 0 Å². The van der Waals surface area contributed by atoms with Crippen LogP contribution in [0.3, 0.4) is 0 Å². The molecular formula is C11H17N3O. The van der Waals surface area contributed by atoms with E-state index in [0.29, 0.717) is 0 Å². The molecule has 82 valence electrons. The van der Waals surface area contributed by atoms with E-state index in [-0.39, 0.29) is 0 Å². The molecule has 0 amide bonds. The van der Waals surface area contributed by atoms with Crippen LogP contribution in [0.2, 0.25) is 0 Å². The molecule has 0 saturated carbocycles. The summed E-state index contributed by atoms with van der Waals surface area (Å²) in [6.45, 7) is 3.74. The van der Waals surface area contributed by atoms with Crippen molar-refractivity contribution >= 4 is 5.82 Å². The molecule has 1 fully saturated rings. The number of hydrogen-bond acceptors (Lipinski definition) is 4. The molecule has 0 radical (unpaired) electrons. The maximum atomic E-state index is 9.96. The summed E-state index contributed by atoms with van der Waals surface area (Å²) in [6.07, 6.45) is 6.01. The summed E-state index contributed by atoms with van der Waals surface area (Å²) in [6, 6.07) is 1.92. The summed E-state index contributed by atoms with van der Waals surface area (Å²) in [7, 11) is 0. The third-order valence-electron chi connectivity index (χ3n) is 2.95. The molecule has 1 aromatic rings. The summed E-state index contributed by atoms with van der Waals surface area (Å²) < 4.78 is 0. The van der Waals surface area contributed by atoms with Crippen LogP contribution in [-0.2, 0) is 0 Å². The van der Waals surface area contributed by atoms with Crippen LogP contribution in [-0.4, -0.2) is 33.8 Å². The van der Waals surface area contributed by atoms with Crippen LogP contribution in [0, 0.1) is 0 Å². The van der Waals surface area contributed by atoms with Gasteiger partial charge in [0.25, 0.3) is 0 Å². The Bertz CT molecular complexity index is 313. The molecule has 4 nitrogen and oxygen atoms in total. The molecule has 0 aromatic carbocycles. The van der Waals surface area contributed by atoms with Crippen molar-refractivity contribution in [1.82, 2.24) is 9.97 Å². The highest BCUT2D eigenvalue weighted by molar-refractivity contribution is 5.36. The lowest BCUT2D eigenvalue weighted by Crippen LogP contribution is -2.28. The van der Waals surface area contributed by atoms with Gasteiger partial charge >= 0.3 is 0 Å². The molecule has 0 spiro atoms. The van der Waals surface area contributed by atoms with Crippen molar-refractivity contribution in [2.75, 3.05) is 18.0 Å². The Morgan fingerprint density at radius 1 is 1.40 bits per heavy atom. The highest BCUT2D eigenvalue weighted by Gasteiger charge is 2.25. The first-order valence-corrected chi connectivity index (χ1v) is 5.41. The van der Waals surface area contributed by atoms with Crippen LogP contribution < -0.4 is 4.90 Å². The van der Waals surface area contributed by atoms with Crippen molar-refractivity contribution in [2.45, 2.75) is 31.8 Å². The van der Waals surface area contributed by atoms with Crippen LogP contribution in [0.25, 0.3) is 0 Å². The average molecular weight is 207 g/mol. The average Bonchev–Trinajstić information content (AvgIpc) is 2.41. The quantitative estimate of drug-likeness (QED) is 0.752. The molecule has 1 N–H and O–H groups in total. The van der Waals surface area contributed by atoms with Crippen LogP contribution in [0.5, 0.6) is 0 Å². The third-order valence-corrected chi connectivity index (χ3v) is 2.95. The number of hydrogen-bond donors (Lipinski definition) is 1. The van der Waals surface area contributed by atoms with Crippen molar-refractivity contribution in [1.29, 1.82) is 0 Å². The lowest BCUT2D eigenvalue weighted by molar-refractivity contribution is 0.0481. The first kappa shape index (κ1) is 10.4. The molecule has 4 heteroatoms. The van der Waals surface area contributed by atoms with Gasteiger partial charge in [0.1, 0.15) is 12.1 Å². The van der Waals surface area contributed by atoms with Gasteiger partial charge < -0.3 is 10.0 Å². The lowest BCUT2D eigenvalue weighted by Gasteiger charge is -2.22. The van der Waals surface area contributed by atoms with Crippen LogP contribution >= 0.6 is 0 Å². The minimum absolute atomic E-state index is 0.512. The molecule has 1 saturated heterocycles. The second-order valence-corrected chi connectivity index (χ2v) is 4.41. The Morgan fingerprint density at radius 3 is 3.00 bits per heavy atom. The molecule has 1 aromatic heterocycles. The Hall–Kier alpha value is -1.16. The van der Waals surface area contributed by atoms with Gasteiger partial charge in [-0.2, -0.15) is 0 Å². The second-order valence-electron chi connectivity index (χ2n) is 4.41. The normalized spacial score (nSPS) is 27.5. The summed E-state index contributed by atoms with van der Waals surface area (Å²) in [4.78, 5) is 10.3. The molecule has 2 heterocycles. The summed E-state index contributed by atoms with van der Waals surface area (Å²) in [5.74, 6) is 0.961. The van der Waals surface area contributed by atoms with Gasteiger partial charge in [-0.3, -0.25) is 0 Å². The minimum Gasteiger partial charge on any atom is -0.390 e. The van der Waals surface area contributed by atoms with Crippen LogP contribution in [0.4, 0.5) is 5.82 Å². The Kier molecular flexibility index (Phi) is 2.86. The zero-order chi connectivity index (χ0) is 10.7. The van der Waals surface area contributed by atoms with Gasteiger partial charge in [0, 0.05) is 19.3 Å². The van der Waals surface area contributed by atoms with Crippen molar-refractivity contribution in [3.63, 3.8) is 0 Å². The smallest absolute Gasteiger partial charge is 0.131 e. The third kappa shape index (κ3) is 2.65. The zero-order valence-corrected chi connectivity index (χ0v) is 9.06. The summed E-state index contributed by atoms with van der Waals surface area (Å²) >= 11 is 0. The van der Waals surface area contributed by atoms with E-state index in [1.165, 1.54) is 0 Å². The predicted molar refractivity (Wildman–Crippen MR) is 58.7 cm³/mol. The van der Waals surface area contributed by atoms with Crippen molar-refractivity contribution in [3.8, 4) is 0 Å². The first-order valence-electron chi connectivity index (χ1n) is 5.41. The Labute approximate surface area is 90.0 Å². The maximum Gasteiger partial charge on any atom is 0.131 e. The van der Waals surface area contributed by atoms with Crippen molar-refractivity contribution in [2.24, 2.45) is 0 Å². The van der Waals surface area contributed by atoms with Crippen LogP contribution in [0.15, 0.2) is 18.6 Å². The Morgan fingerprint density at radius 2 is 2.27 bits per heavy atom. The van der Waals surface area contributed by atoms with E-state index in [1.807, 2.05) is 13.0 Å². The maximum absolute atomic E-state index is 9.96. The monoisotopic (exact) mass is 207 g/mol. The Balaban J connectivity index is 2.06. The number of aliphatic hydroxyl groups is 1. The van der Waals surface area contributed by atoms with E-state index in [0.717, 1.165) is 38.2 Å². The fourth-order valence-electron chi connectivity index (χ4n) is 1.96. The van der Waals surface area contributed by atoms with E-state index >= 15 is 0 Å². The molecule has 2 rings (SSSR count). The molecule has 15 heavy (non-hydrogen) atoms. The van der Waals surface area contributed by atoms with Gasteiger partial charge in [0.15, 0.2) is 0 Å². The molecule has 1 aliphatic heterocycles. The molecule has 1 aliphatic rings. The van der Waals surface area contributed by atoms with E-state index in [9.17, 15) is 5.11 Å². The van der Waals surface area contributed by atoms with Crippen molar-refractivity contribution < 1.29 is 5.11 Å². The highest BCUT2D eigenvalue weighted by atomic mass is 16.3. The van der Waals surface area contributed by atoms with Gasteiger partial charge in [0.05, 0.1) is 5.60 Å². The minimum atomic E-state index is -0.512. The number of anilines is 1. The first-order chi connectivity index (χ1) is 7.17. The van der Waals surface area contributed by atoms with E-state index < -0.39 is 5.60 Å². The van der Waals surface area contributed by atoms with Gasteiger partial charge in [-0.1, -0.05) is 0 Å². The summed E-state index contributed by atoms with van der Waals surface area (Å²) in [5.41, 5.74) is -0.512. The van der Waals surface area contributed by atoms with E-state index in [2.05, 4.69) is 14.9 Å². The summed E-state index contributed by atoms with van der Waals surface area (Å²) in [5, 5.41) is 9.96. The zero-order valence-electron chi connectivity index (χ0n) is 9.06. The van der Waals surface area contributed by atoms with E-state index in [4.69, 9.17) is 0 Å². The highest BCUT2D eigenvalue weighted by Crippen LogP contribution is 2.23. The fraction of sp³-hybridized carbons (Fsp3) is 0.636. The van der Waals surface area contributed by atoms with Gasteiger partial charge in [-0.25, -0.2) is 9.97 Å². The van der Waals surface area contributed by atoms with Gasteiger partial charge in [-0.05, 0) is 32.3 Å². The molecular weight excluding hydrogens is 190 g/mol. The second kappa shape index (κ2) is 4.14. The van der Waals surface area contributed by atoms with Gasteiger partial charge in [0.2, 0.25) is 0 Å². The fourth-order valence-corrected chi connectivity index (χ4v) is 1.96. The molecule has 1 unspecified atom stereocenters. The van der Waals surface area contributed by atoms with Crippen LogP contribution in [0.1, 0.15) is 26.2 Å². The number of nitrogens with zero attached hydrogens (tertiary/aromatic N) is 3. The lowest BCUT2D eigenvalue weighted by atomic mass is 9.98.